The monoisotopic (exact) mass is 881 g/mol. The van der Waals surface area contributed by atoms with Crippen molar-refractivity contribution in [3.63, 3.8) is 0 Å². The maximum absolute atomic E-state index is 7.07. The highest BCUT2D eigenvalue weighted by molar-refractivity contribution is 6.29. The van der Waals surface area contributed by atoms with E-state index in [-0.39, 0.29) is 0 Å². The Hall–Kier alpha value is -9.39. The molecule has 322 valence electrons. The molecular weight excluding hydrogens is 843 g/mol. The van der Waals surface area contributed by atoms with Gasteiger partial charge in [0.15, 0.2) is 23.1 Å². The summed E-state index contributed by atoms with van der Waals surface area (Å²) in [5, 5.41) is 6.68. The van der Waals surface area contributed by atoms with Crippen molar-refractivity contribution >= 4 is 65.6 Å². The normalized spacial score (nSPS) is 11.8. The highest BCUT2D eigenvalue weighted by atomic mass is 16.3. The van der Waals surface area contributed by atoms with Crippen LogP contribution < -0.4 is 0 Å². The topological polar surface area (TPSA) is 61.7 Å². The Balaban J connectivity index is 1.04. The van der Waals surface area contributed by atoms with E-state index in [1.54, 1.807) is 0 Å². The van der Waals surface area contributed by atoms with Crippen molar-refractivity contribution in [1.82, 2.24) is 24.1 Å². The minimum atomic E-state index is 0.569. The van der Waals surface area contributed by atoms with E-state index in [4.69, 9.17) is 19.4 Å². The predicted molar refractivity (Wildman–Crippen MR) is 283 cm³/mol. The molecule has 0 unspecified atom stereocenters. The van der Waals surface area contributed by atoms with E-state index in [1.165, 1.54) is 21.7 Å². The molecule has 6 heteroatoms. The number of rotatable bonds is 7. The van der Waals surface area contributed by atoms with E-state index in [1.807, 2.05) is 48.5 Å². The van der Waals surface area contributed by atoms with Crippen LogP contribution in [0.15, 0.2) is 241 Å². The van der Waals surface area contributed by atoms with Crippen molar-refractivity contribution in [2.24, 2.45) is 0 Å². The van der Waals surface area contributed by atoms with Gasteiger partial charge in [0.05, 0.1) is 27.8 Å². The van der Waals surface area contributed by atoms with Crippen LogP contribution in [0, 0.1) is 0 Å². The third-order valence-corrected chi connectivity index (χ3v) is 13.6. The molecule has 0 atom stereocenters. The number of hydrogen-bond acceptors (Lipinski definition) is 4. The van der Waals surface area contributed by atoms with Gasteiger partial charge in [-0.1, -0.05) is 176 Å². The second-order valence-electron chi connectivity index (χ2n) is 17.5. The van der Waals surface area contributed by atoms with Gasteiger partial charge in [-0.3, -0.25) is 0 Å². The van der Waals surface area contributed by atoms with Gasteiger partial charge in [0, 0.05) is 54.7 Å². The fraction of sp³-hybridized carbons (Fsp3) is 0. The summed E-state index contributed by atoms with van der Waals surface area (Å²) in [4.78, 5) is 15.6. The molecule has 0 fully saturated rings. The zero-order valence-electron chi connectivity index (χ0n) is 37.2. The molecule has 0 aliphatic heterocycles. The molecule has 4 aromatic heterocycles. The van der Waals surface area contributed by atoms with E-state index in [0.29, 0.717) is 17.5 Å². The average Bonchev–Trinajstić information content (AvgIpc) is 4.09. The first-order valence-electron chi connectivity index (χ1n) is 23.3. The minimum Gasteiger partial charge on any atom is -0.454 e. The maximum Gasteiger partial charge on any atom is 0.164 e. The van der Waals surface area contributed by atoms with Crippen molar-refractivity contribution in [3.05, 3.63) is 237 Å². The van der Waals surface area contributed by atoms with Gasteiger partial charge in [-0.2, -0.15) is 0 Å². The fourth-order valence-corrected chi connectivity index (χ4v) is 10.5. The summed E-state index contributed by atoms with van der Waals surface area (Å²) in [6.45, 7) is 0. The zero-order chi connectivity index (χ0) is 45.4. The van der Waals surface area contributed by atoms with Crippen LogP contribution in [-0.2, 0) is 0 Å². The first kappa shape index (κ1) is 38.8. The quantitative estimate of drug-likeness (QED) is 0.160. The van der Waals surface area contributed by atoms with Gasteiger partial charge in [-0.15, -0.1) is 0 Å². The van der Waals surface area contributed by atoms with Crippen molar-refractivity contribution < 1.29 is 4.42 Å². The molecule has 0 N–H and O–H groups in total. The van der Waals surface area contributed by atoms with Crippen molar-refractivity contribution in [2.75, 3.05) is 0 Å². The number of para-hydroxylation sites is 3. The molecule has 0 radical (unpaired) electrons. The summed E-state index contributed by atoms with van der Waals surface area (Å²) in [6, 6.07) is 83.2. The number of nitrogens with zero attached hydrogens (tertiary/aromatic N) is 5. The van der Waals surface area contributed by atoms with Gasteiger partial charge < -0.3 is 13.6 Å². The van der Waals surface area contributed by atoms with E-state index < -0.39 is 0 Å². The molecule has 10 aromatic carbocycles. The Morgan fingerprint density at radius 2 is 0.783 bits per heavy atom. The zero-order valence-corrected chi connectivity index (χ0v) is 37.2. The van der Waals surface area contributed by atoms with Crippen LogP contribution in [0.1, 0.15) is 0 Å². The molecule has 0 bridgehead atoms. The summed E-state index contributed by atoms with van der Waals surface area (Å²) in [5.74, 6) is 1.76. The Morgan fingerprint density at radius 3 is 1.49 bits per heavy atom. The standard InChI is InChI=1S/C63H39N5O/c1-5-17-40(18-6-1)42-29-31-44(32-30-42)62-64-61(43-21-9-3-10-22-43)65-63(66-62)49-34-36-55(60-57(49)48-26-14-16-28-56(48)69-60)68-52-35-33-45(41-19-7-2-8-20-41)39-50(52)59-54(68)38-37-53-58(59)47-25-13-15-27-51(47)67(53)46-23-11-4-12-24-46/h1-39H. The number of aromatic nitrogens is 5. The van der Waals surface area contributed by atoms with Gasteiger partial charge in [0.2, 0.25) is 0 Å². The second-order valence-corrected chi connectivity index (χ2v) is 17.5. The summed E-state index contributed by atoms with van der Waals surface area (Å²) < 4.78 is 11.9. The lowest BCUT2D eigenvalue weighted by Crippen LogP contribution is -2.01. The minimum absolute atomic E-state index is 0.569. The third-order valence-electron chi connectivity index (χ3n) is 13.6. The van der Waals surface area contributed by atoms with Crippen LogP contribution in [-0.4, -0.2) is 24.1 Å². The number of hydrogen-bond donors (Lipinski definition) is 0. The summed E-state index contributed by atoms with van der Waals surface area (Å²) in [6.07, 6.45) is 0. The molecule has 14 rings (SSSR count). The first-order valence-corrected chi connectivity index (χ1v) is 23.3. The molecule has 0 amide bonds. The molecule has 0 saturated carbocycles. The number of benzene rings is 10. The Kier molecular flexibility index (Phi) is 8.79. The van der Waals surface area contributed by atoms with Gasteiger partial charge in [-0.25, -0.2) is 15.0 Å². The van der Waals surface area contributed by atoms with Crippen LogP contribution >= 0.6 is 0 Å². The predicted octanol–water partition coefficient (Wildman–Crippen LogP) is 16.3. The van der Waals surface area contributed by atoms with Crippen molar-refractivity contribution in [3.8, 4) is 67.8 Å². The lowest BCUT2D eigenvalue weighted by atomic mass is 10.0. The molecule has 0 aliphatic carbocycles. The summed E-state index contributed by atoms with van der Waals surface area (Å²) in [5.41, 5.74) is 15.4. The number of furan rings is 1. The molecule has 0 aliphatic rings. The van der Waals surface area contributed by atoms with Crippen molar-refractivity contribution in [1.29, 1.82) is 0 Å². The van der Waals surface area contributed by atoms with Crippen molar-refractivity contribution in [2.45, 2.75) is 0 Å². The lowest BCUT2D eigenvalue weighted by molar-refractivity contribution is 0.666. The molecule has 4 heterocycles. The van der Waals surface area contributed by atoms with Gasteiger partial charge in [0.1, 0.15) is 5.58 Å². The fourth-order valence-electron chi connectivity index (χ4n) is 10.5. The van der Waals surface area contributed by atoms with Gasteiger partial charge >= 0.3 is 0 Å². The largest absolute Gasteiger partial charge is 0.454 e. The highest BCUT2D eigenvalue weighted by Crippen LogP contribution is 2.46. The SMILES string of the molecule is c1ccc(-c2ccc(-c3nc(-c4ccccc4)nc(-c4ccc(-n5c6ccc(-c7ccccc7)cc6c6c7c8ccccc8n(-c8ccccc8)c7ccc65)c5oc6ccccc6c45)n3)cc2)cc1. The third kappa shape index (κ3) is 6.23. The van der Waals surface area contributed by atoms with Crippen LogP contribution in [0.2, 0.25) is 0 Å². The molecule has 6 nitrogen and oxygen atoms in total. The average molecular weight is 882 g/mol. The van der Waals surface area contributed by atoms with Gasteiger partial charge in [0.25, 0.3) is 0 Å². The Bertz CT molecular complexity index is 4270. The Labute approximate surface area is 396 Å². The second kappa shape index (κ2) is 15.6. The summed E-state index contributed by atoms with van der Waals surface area (Å²) in [7, 11) is 0. The molecule has 69 heavy (non-hydrogen) atoms. The van der Waals surface area contributed by atoms with Crippen LogP contribution in [0.25, 0.3) is 133 Å². The molecular formula is C63H39N5O. The highest BCUT2D eigenvalue weighted by Gasteiger charge is 2.25. The lowest BCUT2D eigenvalue weighted by Gasteiger charge is -2.13. The maximum atomic E-state index is 7.07. The number of fused-ring (bicyclic) bond motifs is 10. The van der Waals surface area contributed by atoms with E-state index in [0.717, 1.165) is 94.1 Å². The van der Waals surface area contributed by atoms with Gasteiger partial charge in [-0.05, 0) is 82.9 Å². The molecule has 0 saturated heterocycles. The Morgan fingerprint density at radius 1 is 0.304 bits per heavy atom. The molecule has 0 spiro atoms. The first-order chi connectivity index (χ1) is 34.2. The van der Waals surface area contributed by atoms with E-state index in [9.17, 15) is 0 Å². The smallest absolute Gasteiger partial charge is 0.164 e. The molecule has 14 aromatic rings. The van der Waals surface area contributed by atoms with Crippen LogP contribution in [0.4, 0.5) is 0 Å². The summed E-state index contributed by atoms with van der Waals surface area (Å²) >= 11 is 0. The van der Waals surface area contributed by atoms with Crippen LogP contribution in [0.5, 0.6) is 0 Å². The van der Waals surface area contributed by atoms with E-state index >= 15 is 0 Å². The van der Waals surface area contributed by atoms with Crippen LogP contribution in [0.3, 0.4) is 0 Å². The van der Waals surface area contributed by atoms with E-state index in [2.05, 4.69) is 197 Å².